The zero-order valence-corrected chi connectivity index (χ0v) is 12.2. The molecular weight excluding hydrogens is 319 g/mol. The Balaban J connectivity index is 2.60. The number of nitrogens with zero attached hydrogens (tertiary/aromatic N) is 1. The fraction of sp³-hybridized carbons (Fsp3) is 0.267. The molecular formula is C15H13ClF3NO2. The smallest absolute Gasteiger partial charge is 0.422 e. The SMILES string of the molecule is CC(c1ccc(O)cc1Cl)C(O)(c1ccncc1)C(F)(F)F. The van der Waals surface area contributed by atoms with Crippen LogP contribution in [0.5, 0.6) is 5.75 Å². The van der Waals surface area contributed by atoms with Crippen LogP contribution >= 0.6 is 11.6 Å². The number of aromatic hydroxyl groups is 1. The number of phenolic OH excluding ortho intramolecular Hbond substituents is 1. The van der Waals surface area contributed by atoms with E-state index in [0.29, 0.717) is 0 Å². The summed E-state index contributed by atoms with van der Waals surface area (Å²) in [4.78, 5) is 3.66. The molecule has 1 aromatic heterocycles. The van der Waals surface area contributed by atoms with Gasteiger partial charge in [0.2, 0.25) is 0 Å². The Kier molecular flexibility index (Phi) is 4.35. The molecule has 0 bridgehead atoms. The Hall–Kier alpha value is -1.79. The second kappa shape index (κ2) is 5.78. The van der Waals surface area contributed by atoms with E-state index in [1.54, 1.807) is 0 Å². The lowest BCUT2D eigenvalue weighted by Gasteiger charge is -2.36. The number of halogens is 4. The van der Waals surface area contributed by atoms with E-state index >= 15 is 0 Å². The van der Waals surface area contributed by atoms with Crippen molar-refractivity contribution in [2.45, 2.75) is 24.6 Å². The highest BCUT2D eigenvalue weighted by Crippen LogP contribution is 2.49. The molecule has 2 rings (SSSR count). The summed E-state index contributed by atoms with van der Waals surface area (Å²) in [6.45, 7) is 1.23. The van der Waals surface area contributed by atoms with Gasteiger partial charge < -0.3 is 10.2 Å². The van der Waals surface area contributed by atoms with Crippen LogP contribution < -0.4 is 0 Å². The molecule has 0 spiro atoms. The number of benzene rings is 1. The maximum Gasteiger partial charge on any atom is 0.422 e. The van der Waals surface area contributed by atoms with Crippen molar-refractivity contribution in [2.75, 3.05) is 0 Å². The molecule has 1 aromatic carbocycles. The van der Waals surface area contributed by atoms with Crippen molar-refractivity contribution in [3.05, 3.63) is 58.9 Å². The Morgan fingerprint density at radius 1 is 1.14 bits per heavy atom. The van der Waals surface area contributed by atoms with E-state index in [9.17, 15) is 23.4 Å². The van der Waals surface area contributed by atoms with E-state index in [0.717, 1.165) is 18.2 Å². The van der Waals surface area contributed by atoms with Gasteiger partial charge in [-0.3, -0.25) is 4.98 Å². The molecule has 0 radical (unpaired) electrons. The molecule has 2 unspecified atom stereocenters. The number of alkyl halides is 3. The second-order valence-electron chi connectivity index (χ2n) is 4.93. The predicted octanol–water partition coefficient (Wildman–Crippen LogP) is 3.99. The van der Waals surface area contributed by atoms with Crippen LogP contribution in [-0.4, -0.2) is 21.4 Å². The monoisotopic (exact) mass is 331 g/mol. The fourth-order valence-electron chi connectivity index (χ4n) is 2.36. The van der Waals surface area contributed by atoms with Crippen molar-refractivity contribution < 1.29 is 23.4 Å². The largest absolute Gasteiger partial charge is 0.508 e. The fourth-order valence-corrected chi connectivity index (χ4v) is 2.70. The molecule has 7 heteroatoms. The van der Waals surface area contributed by atoms with Gasteiger partial charge in [0.25, 0.3) is 0 Å². The summed E-state index contributed by atoms with van der Waals surface area (Å²) in [5, 5.41) is 19.7. The third-order valence-electron chi connectivity index (χ3n) is 3.63. The maximum atomic E-state index is 13.6. The summed E-state index contributed by atoms with van der Waals surface area (Å²) < 4.78 is 40.7. The normalized spacial score (nSPS) is 16.1. The van der Waals surface area contributed by atoms with Crippen molar-refractivity contribution in [2.24, 2.45) is 0 Å². The van der Waals surface area contributed by atoms with Gasteiger partial charge >= 0.3 is 6.18 Å². The van der Waals surface area contributed by atoms with Gasteiger partial charge in [-0.1, -0.05) is 24.6 Å². The molecule has 0 aliphatic rings. The lowest BCUT2D eigenvalue weighted by Crippen LogP contribution is -2.46. The Bertz CT molecular complexity index is 664. The average Bonchev–Trinajstić information content (AvgIpc) is 2.45. The first-order chi connectivity index (χ1) is 10.2. The molecule has 1 heterocycles. The quantitative estimate of drug-likeness (QED) is 0.894. The molecule has 0 aliphatic heterocycles. The molecule has 0 saturated heterocycles. The summed E-state index contributed by atoms with van der Waals surface area (Å²) >= 11 is 5.92. The Labute approximate surface area is 130 Å². The van der Waals surface area contributed by atoms with Crippen molar-refractivity contribution in [3.63, 3.8) is 0 Å². The average molecular weight is 332 g/mol. The van der Waals surface area contributed by atoms with E-state index in [1.165, 1.54) is 31.5 Å². The van der Waals surface area contributed by atoms with E-state index in [2.05, 4.69) is 4.98 Å². The lowest BCUT2D eigenvalue weighted by molar-refractivity contribution is -0.274. The number of rotatable bonds is 3. The summed E-state index contributed by atoms with van der Waals surface area (Å²) in [6, 6.07) is 5.84. The van der Waals surface area contributed by atoms with Crippen molar-refractivity contribution in [1.82, 2.24) is 4.98 Å². The molecule has 2 aromatic rings. The maximum absolute atomic E-state index is 13.6. The number of hydrogen-bond donors (Lipinski definition) is 2. The minimum atomic E-state index is -4.92. The number of phenols is 1. The topological polar surface area (TPSA) is 53.4 Å². The molecule has 0 amide bonds. The standard InChI is InChI=1S/C15H13ClF3NO2/c1-9(12-3-2-11(21)8-13(12)16)14(22,15(17,18)19)10-4-6-20-7-5-10/h2-9,21-22H,1H3. The lowest BCUT2D eigenvalue weighted by atomic mass is 9.78. The predicted molar refractivity (Wildman–Crippen MR) is 75.7 cm³/mol. The van der Waals surface area contributed by atoms with Crippen LogP contribution in [-0.2, 0) is 5.60 Å². The van der Waals surface area contributed by atoms with Crippen LogP contribution in [0.1, 0.15) is 24.0 Å². The third kappa shape index (κ3) is 2.76. The van der Waals surface area contributed by atoms with Crippen molar-refractivity contribution in [3.8, 4) is 5.75 Å². The minimum Gasteiger partial charge on any atom is -0.508 e. The zero-order chi connectivity index (χ0) is 16.5. The molecule has 2 N–H and O–H groups in total. The Morgan fingerprint density at radius 2 is 1.73 bits per heavy atom. The van der Waals surface area contributed by atoms with Gasteiger partial charge in [-0.25, -0.2) is 0 Å². The molecule has 3 nitrogen and oxygen atoms in total. The van der Waals surface area contributed by atoms with E-state index < -0.39 is 17.7 Å². The van der Waals surface area contributed by atoms with Crippen LogP contribution in [0.25, 0.3) is 0 Å². The first-order valence-corrected chi connectivity index (χ1v) is 6.73. The minimum absolute atomic E-state index is 0.0516. The summed E-state index contributed by atoms with van der Waals surface area (Å²) in [5.41, 5.74) is -3.38. The van der Waals surface area contributed by atoms with Crippen LogP contribution in [0.15, 0.2) is 42.7 Å². The van der Waals surface area contributed by atoms with Gasteiger partial charge in [-0.15, -0.1) is 0 Å². The number of aliphatic hydroxyl groups is 1. The van der Waals surface area contributed by atoms with Gasteiger partial charge in [0.1, 0.15) is 5.75 Å². The van der Waals surface area contributed by atoms with Crippen LogP contribution in [0, 0.1) is 0 Å². The Morgan fingerprint density at radius 3 is 2.23 bits per heavy atom. The van der Waals surface area contributed by atoms with Crippen molar-refractivity contribution in [1.29, 1.82) is 0 Å². The van der Waals surface area contributed by atoms with Crippen LogP contribution in [0.3, 0.4) is 0 Å². The first kappa shape index (κ1) is 16.6. The molecule has 22 heavy (non-hydrogen) atoms. The van der Waals surface area contributed by atoms with Crippen LogP contribution in [0.2, 0.25) is 5.02 Å². The van der Waals surface area contributed by atoms with Gasteiger partial charge in [0, 0.05) is 23.3 Å². The van der Waals surface area contributed by atoms with E-state index in [4.69, 9.17) is 11.6 Å². The molecule has 0 saturated carbocycles. The number of aromatic nitrogens is 1. The molecule has 0 aliphatic carbocycles. The molecule has 2 atom stereocenters. The highest BCUT2D eigenvalue weighted by Gasteiger charge is 2.58. The van der Waals surface area contributed by atoms with Gasteiger partial charge in [-0.2, -0.15) is 13.2 Å². The third-order valence-corrected chi connectivity index (χ3v) is 3.96. The first-order valence-electron chi connectivity index (χ1n) is 6.36. The summed E-state index contributed by atoms with van der Waals surface area (Å²) in [7, 11) is 0. The van der Waals surface area contributed by atoms with Crippen molar-refractivity contribution >= 4 is 11.6 Å². The summed E-state index contributed by atoms with van der Waals surface area (Å²) in [6.07, 6.45) is -2.57. The van der Waals surface area contributed by atoms with E-state index in [-0.39, 0.29) is 21.9 Å². The van der Waals surface area contributed by atoms with Gasteiger partial charge in [0.15, 0.2) is 5.60 Å². The van der Waals surface area contributed by atoms with E-state index in [1.807, 2.05) is 0 Å². The second-order valence-corrected chi connectivity index (χ2v) is 5.33. The van der Waals surface area contributed by atoms with Gasteiger partial charge in [0.05, 0.1) is 0 Å². The van der Waals surface area contributed by atoms with Gasteiger partial charge in [-0.05, 0) is 35.4 Å². The van der Waals surface area contributed by atoms with Crippen LogP contribution in [0.4, 0.5) is 13.2 Å². The number of hydrogen-bond acceptors (Lipinski definition) is 3. The highest BCUT2D eigenvalue weighted by molar-refractivity contribution is 6.31. The molecule has 118 valence electrons. The number of pyridine rings is 1. The zero-order valence-electron chi connectivity index (χ0n) is 11.5. The molecule has 0 fully saturated rings. The highest BCUT2D eigenvalue weighted by atomic mass is 35.5. The summed E-state index contributed by atoms with van der Waals surface area (Å²) in [5.74, 6) is -1.55.